The highest BCUT2D eigenvalue weighted by Crippen LogP contribution is 2.41. The molecule has 1 saturated carbocycles. The van der Waals surface area contributed by atoms with Crippen LogP contribution in [0.5, 0.6) is 0 Å². The molecule has 1 N–H and O–H groups in total. The number of nitrogens with zero attached hydrogens (tertiary/aromatic N) is 1. The van der Waals surface area contributed by atoms with Crippen LogP contribution in [0.15, 0.2) is 48.5 Å². The maximum atomic E-state index is 12.6. The molecule has 2 aromatic rings. The molecule has 130 valence electrons. The number of hydrogen-bond donors (Lipinski definition) is 1. The Labute approximate surface area is 147 Å². The lowest BCUT2D eigenvalue weighted by Gasteiger charge is -2.30. The number of amides is 1. The Morgan fingerprint density at radius 1 is 1.16 bits per heavy atom. The molecule has 5 heteroatoms. The van der Waals surface area contributed by atoms with Gasteiger partial charge in [-0.3, -0.25) is 14.9 Å². The minimum atomic E-state index is -0.513. The zero-order chi connectivity index (χ0) is 17.9. The Balaban J connectivity index is 1.81. The average molecular weight is 338 g/mol. The second kappa shape index (κ2) is 7.05. The van der Waals surface area contributed by atoms with Crippen molar-refractivity contribution in [3.05, 3.63) is 75.3 Å². The van der Waals surface area contributed by atoms with Crippen molar-refractivity contribution in [3.63, 3.8) is 0 Å². The Kier molecular flexibility index (Phi) is 4.83. The van der Waals surface area contributed by atoms with E-state index in [1.807, 2.05) is 0 Å². The summed E-state index contributed by atoms with van der Waals surface area (Å²) in [5, 5.41) is 14.1. The number of para-hydroxylation sites is 1. The van der Waals surface area contributed by atoms with Gasteiger partial charge in [-0.15, -0.1) is 0 Å². The molecule has 0 aliphatic heterocycles. The summed E-state index contributed by atoms with van der Waals surface area (Å²) in [6, 6.07) is 14.5. The zero-order valence-electron chi connectivity index (χ0n) is 14.3. The summed E-state index contributed by atoms with van der Waals surface area (Å²) in [4.78, 5) is 23.2. The number of nitrogens with one attached hydrogen (secondary N) is 1. The first kappa shape index (κ1) is 17.1. The molecule has 0 radical (unpaired) electrons. The summed E-state index contributed by atoms with van der Waals surface area (Å²) in [5.74, 6) is -0.383. The summed E-state index contributed by atoms with van der Waals surface area (Å²) >= 11 is 0. The van der Waals surface area contributed by atoms with E-state index < -0.39 is 4.92 Å². The number of nitro benzene ring substituents is 1. The Hall–Kier alpha value is -2.69. The van der Waals surface area contributed by atoms with Crippen molar-refractivity contribution in [1.29, 1.82) is 0 Å². The van der Waals surface area contributed by atoms with Crippen LogP contribution in [0.25, 0.3) is 0 Å². The average Bonchev–Trinajstić information content (AvgIpc) is 3.10. The molecule has 1 aliphatic rings. The van der Waals surface area contributed by atoms with Gasteiger partial charge in [-0.05, 0) is 31.4 Å². The molecule has 1 aliphatic carbocycles. The highest BCUT2D eigenvalue weighted by molar-refractivity contribution is 5.98. The molecule has 25 heavy (non-hydrogen) atoms. The number of aryl methyl sites for hydroxylation is 1. The van der Waals surface area contributed by atoms with E-state index in [4.69, 9.17) is 0 Å². The molecular weight excluding hydrogens is 316 g/mol. The minimum absolute atomic E-state index is 0.0781. The van der Waals surface area contributed by atoms with Crippen molar-refractivity contribution in [2.24, 2.45) is 0 Å². The molecule has 2 aromatic carbocycles. The molecule has 0 bridgehead atoms. The fourth-order valence-electron chi connectivity index (χ4n) is 3.76. The summed E-state index contributed by atoms with van der Waals surface area (Å²) in [5.41, 5.74) is 2.33. The van der Waals surface area contributed by atoms with Crippen LogP contribution in [-0.2, 0) is 5.41 Å². The first-order chi connectivity index (χ1) is 12.0. The lowest BCUT2D eigenvalue weighted by molar-refractivity contribution is -0.385. The van der Waals surface area contributed by atoms with Gasteiger partial charge in [-0.1, -0.05) is 54.8 Å². The maximum absolute atomic E-state index is 12.6. The van der Waals surface area contributed by atoms with Crippen molar-refractivity contribution < 1.29 is 9.72 Å². The Morgan fingerprint density at radius 2 is 1.88 bits per heavy atom. The van der Waals surface area contributed by atoms with Crippen LogP contribution in [0, 0.1) is 17.0 Å². The number of nitro groups is 1. The number of carbonyl (C=O) groups excluding carboxylic acids is 1. The molecular formula is C20H22N2O3. The van der Waals surface area contributed by atoms with Gasteiger partial charge in [0.15, 0.2) is 0 Å². The maximum Gasteiger partial charge on any atom is 0.282 e. The van der Waals surface area contributed by atoms with Crippen LogP contribution >= 0.6 is 0 Å². The van der Waals surface area contributed by atoms with E-state index in [1.165, 1.54) is 23.3 Å². The first-order valence-electron chi connectivity index (χ1n) is 8.61. The van der Waals surface area contributed by atoms with Crippen molar-refractivity contribution in [2.45, 2.75) is 38.0 Å². The van der Waals surface area contributed by atoms with Gasteiger partial charge in [0.05, 0.1) is 4.92 Å². The normalized spacial score (nSPS) is 15.7. The topological polar surface area (TPSA) is 72.2 Å². The van der Waals surface area contributed by atoms with Gasteiger partial charge < -0.3 is 5.32 Å². The van der Waals surface area contributed by atoms with Gasteiger partial charge in [0.1, 0.15) is 5.56 Å². The van der Waals surface area contributed by atoms with Crippen molar-refractivity contribution in [1.82, 2.24) is 5.32 Å². The highest BCUT2D eigenvalue weighted by atomic mass is 16.6. The van der Waals surface area contributed by atoms with Crippen molar-refractivity contribution >= 4 is 11.6 Å². The van der Waals surface area contributed by atoms with Crippen molar-refractivity contribution in [3.8, 4) is 0 Å². The quantitative estimate of drug-likeness (QED) is 0.657. The second-order valence-electron chi connectivity index (χ2n) is 6.81. The first-order valence-corrected chi connectivity index (χ1v) is 8.61. The number of rotatable bonds is 5. The van der Waals surface area contributed by atoms with E-state index in [0.717, 1.165) is 25.7 Å². The van der Waals surface area contributed by atoms with Crippen LogP contribution in [0.2, 0.25) is 0 Å². The molecule has 0 heterocycles. The predicted octanol–water partition coefficient (Wildman–Crippen LogP) is 4.15. The summed E-state index contributed by atoms with van der Waals surface area (Å²) < 4.78 is 0. The summed E-state index contributed by atoms with van der Waals surface area (Å²) in [7, 11) is 0. The van der Waals surface area contributed by atoms with Crippen LogP contribution in [0.4, 0.5) is 5.69 Å². The third kappa shape index (κ3) is 3.55. The highest BCUT2D eigenvalue weighted by Gasteiger charge is 2.36. The monoisotopic (exact) mass is 338 g/mol. The van der Waals surface area contributed by atoms with Gasteiger partial charge in [0, 0.05) is 18.0 Å². The fourth-order valence-corrected chi connectivity index (χ4v) is 3.76. The zero-order valence-corrected chi connectivity index (χ0v) is 14.3. The number of benzene rings is 2. The molecule has 0 spiro atoms. The van der Waals surface area contributed by atoms with Crippen molar-refractivity contribution in [2.75, 3.05) is 6.54 Å². The molecule has 1 fully saturated rings. The van der Waals surface area contributed by atoms with Gasteiger partial charge in [0.25, 0.3) is 11.6 Å². The van der Waals surface area contributed by atoms with E-state index >= 15 is 0 Å². The lowest BCUT2D eigenvalue weighted by atomic mass is 9.78. The Bertz CT molecular complexity index is 795. The second-order valence-corrected chi connectivity index (χ2v) is 6.81. The van der Waals surface area contributed by atoms with Gasteiger partial charge in [0.2, 0.25) is 0 Å². The van der Waals surface area contributed by atoms with E-state index in [9.17, 15) is 14.9 Å². The smallest absolute Gasteiger partial charge is 0.282 e. The fraction of sp³-hybridized carbons (Fsp3) is 0.350. The third-order valence-corrected chi connectivity index (χ3v) is 5.12. The number of hydrogen-bond acceptors (Lipinski definition) is 3. The van der Waals surface area contributed by atoms with E-state index in [-0.39, 0.29) is 22.6 Å². The molecule has 0 aromatic heterocycles. The molecule has 0 saturated heterocycles. The SMILES string of the molecule is Cc1cccc(C2(CNC(=O)c3ccccc3[N+](=O)[O-])CCCC2)c1. The summed E-state index contributed by atoms with van der Waals surface area (Å²) in [6.45, 7) is 2.57. The largest absolute Gasteiger partial charge is 0.351 e. The summed E-state index contributed by atoms with van der Waals surface area (Å²) in [6.07, 6.45) is 4.31. The van der Waals surface area contributed by atoms with E-state index in [2.05, 4.69) is 36.5 Å². The Morgan fingerprint density at radius 3 is 2.56 bits per heavy atom. The van der Waals surface area contributed by atoms with Gasteiger partial charge in [-0.2, -0.15) is 0 Å². The molecule has 0 atom stereocenters. The van der Waals surface area contributed by atoms with E-state index in [1.54, 1.807) is 12.1 Å². The molecule has 0 unspecified atom stereocenters. The molecule has 1 amide bonds. The number of carbonyl (C=O) groups is 1. The van der Waals surface area contributed by atoms with Gasteiger partial charge >= 0.3 is 0 Å². The molecule has 5 nitrogen and oxygen atoms in total. The predicted molar refractivity (Wildman–Crippen MR) is 96.8 cm³/mol. The van der Waals surface area contributed by atoms with Crippen LogP contribution < -0.4 is 5.32 Å². The molecule has 3 rings (SSSR count). The van der Waals surface area contributed by atoms with Crippen LogP contribution in [0.1, 0.15) is 47.2 Å². The standard InChI is InChI=1S/C20H22N2O3/c1-15-7-6-8-16(13-15)20(11-4-5-12-20)14-21-19(23)17-9-2-3-10-18(17)22(24)25/h2-3,6-10,13H,4-5,11-12,14H2,1H3,(H,21,23). The minimum Gasteiger partial charge on any atom is -0.351 e. The third-order valence-electron chi connectivity index (χ3n) is 5.12. The van der Waals surface area contributed by atoms with Crippen LogP contribution in [0.3, 0.4) is 0 Å². The lowest BCUT2D eigenvalue weighted by Crippen LogP contribution is -2.39. The van der Waals surface area contributed by atoms with Gasteiger partial charge in [-0.25, -0.2) is 0 Å². The van der Waals surface area contributed by atoms with E-state index in [0.29, 0.717) is 6.54 Å². The van der Waals surface area contributed by atoms with Crippen LogP contribution in [-0.4, -0.2) is 17.4 Å².